The Bertz CT molecular complexity index is 824. The molecule has 0 aliphatic carbocycles. The molecule has 2 aromatic rings. The summed E-state index contributed by atoms with van der Waals surface area (Å²) in [5.41, 5.74) is 1.76. The molecule has 0 radical (unpaired) electrons. The van der Waals surface area contributed by atoms with Gasteiger partial charge in [-0.15, -0.1) is 0 Å². The van der Waals surface area contributed by atoms with E-state index >= 15 is 0 Å². The maximum atomic E-state index is 12.9. The molecule has 3 rings (SSSR count). The molecule has 0 unspecified atom stereocenters. The van der Waals surface area contributed by atoms with Crippen molar-refractivity contribution < 1.29 is 19.0 Å². The number of hydrogen-bond donors (Lipinski definition) is 1. The van der Waals surface area contributed by atoms with Gasteiger partial charge in [-0.25, -0.2) is 0 Å². The molecule has 0 saturated carbocycles. The van der Waals surface area contributed by atoms with Crippen molar-refractivity contribution in [2.75, 3.05) is 33.2 Å². The Hall–Kier alpha value is -2.73. The van der Waals surface area contributed by atoms with Crippen molar-refractivity contribution in [3.05, 3.63) is 48.0 Å². The van der Waals surface area contributed by atoms with Crippen molar-refractivity contribution >= 4 is 11.6 Å². The second-order valence-corrected chi connectivity index (χ2v) is 6.87. The normalized spacial score (nSPS) is 17.8. The molecular formula is C22H28N2O4. The van der Waals surface area contributed by atoms with Gasteiger partial charge in [-0.1, -0.05) is 18.2 Å². The van der Waals surface area contributed by atoms with Gasteiger partial charge in [0.25, 0.3) is 0 Å². The average Bonchev–Trinajstić information content (AvgIpc) is 3.22. The van der Waals surface area contributed by atoms with Gasteiger partial charge >= 0.3 is 0 Å². The molecule has 2 aromatic carbocycles. The number of para-hydroxylation sites is 2. The van der Waals surface area contributed by atoms with Gasteiger partial charge in [0.05, 0.1) is 33.1 Å². The molecule has 6 nitrogen and oxygen atoms in total. The van der Waals surface area contributed by atoms with Crippen molar-refractivity contribution in [3.63, 3.8) is 0 Å². The van der Waals surface area contributed by atoms with Gasteiger partial charge in [-0.05, 0) is 44.5 Å². The number of hydrogen-bond acceptors (Lipinski definition) is 5. The highest BCUT2D eigenvalue weighted by molar-refractivity contribution is 5.95. The third-order valence-corrected chi connectivity index (χ3v) is 5.34. The number of nitrogens with zero attached hydrogens (tertiary/aromatic N) is 1. The lowest BCUT2D eigenvalue weighted by Crippen LogP contribution is -2.41. The first-order valence-electron chi connectivity index (χ1n) is 9.50. The number of likely N-dealkylation sites (tertiary alicyclic amines) is 1. The van der Waals surface area contributed by atoms with E-state index in [0.29, 0.717) is 11.4 Å². The average molecular weight is 384 g/mol. The van der Waals surface area contributed by atoms with Crippen LogP contribution in [-0.2, 0) is 4.79 Å². The SMILES string of the molecule is COc1ccc([C@H]2CCCN2[C@H](C)C(=O)Nc2ccccc2OC)c(OC)c1. The lowest BCUT2D eigenvalue weighted by Gasteiger charge is -2.31. The molecule has 6 heteroatoms. The second kappa shape index (κ2) is 8.97. The number of anilines is 1. The van der Waals surface area contributed by atoms with E-state index in [2.05, 4.69) is 10.2 Å². The molecule has 1 heterocycles. The zero-order chi connectivity index (χ0) is 20.1. The highest BCUT2D eigenvalue weighted by atomic mass is 16.5. The predicted octanol–water partition coefficient (Wildman–Crippen LogP) is 3.88. The number of rotatable bonds is 7. The Labute approximate surface area is 166 Å². The van der Waals surface area contributed by atoms with Crippen molar-refractivity contribution in [1.29, 1.82) is 0 Å². The summed E-state index contributed by atoms with van der Waals surface area (Å²) >= 11 is 0. The molecule has 1 N–H and O–H groups in total. The molecule has 2 atom stereocenters. The third-order valence-electron chi connectivity index (χ3n) is 5.34. The van der Waals surface area contributed by atoms with Crippen LogP contribution in [0.1, 0.15) is 31.4 Å². The smallest absolute Gasteiger partial charge is 0.241 e. The van der Waals surface area contributed by atoms with Gasteiger partial charge < -0.3 is 19.5 Å². The number of carbonyl (C=O) groups is 1. The summed E-state index contributed by atoms with van der Waals surface area (Å²) in [7, 11) is 4.90. The maximum Gasteiger partial charge on any atom is 0.241 e. The fourth-order valence-electron chi connectivity index (χ4n) is 3.82. The molecule has 0 bridgehead atoms. The van der Waals surface area contributed by atoms with Gasteiger partial charge in [-0.2, -0.15) is 0 Å². The molecule has 150 valence electrons. The van der Waals surface area contributed by atoms with Crippen LogP contribution in [0.2, 0.25) is 0 Å². The third kappa shape index (κ3) is 4.07. The van der Waals surface area contributed by atoms with Gasteiger partial charge in [0, 0.05) is 17.7 Å². The number of amides is 1. The molecule has 28 heavy (non-hydrogen) atoms. The first-order chi connectivity index (χ1) is 13.6. The number of ether oxygens (including phenoxy) is 3. The minimum atomic E-state index is -0.288. The zero-order valence-corrected chi connectivity index (χ0v) is 16.9. The minimum Gasteiger partial charge on any atom is -0.497 e. The topological polar surface area (TPSA) is 60.0 Å². The van der Waals surface area contributed by atoms with Crippen LogP contribution in [0.4, 0.5) is 5.69 Å². The van der Waals surface area contributed by atoms with Crippen LogP contribution in [0.25, 0.3) is 0 Å². The van der Waals surface area contributed by atoms with E-state index in [1.165, 1.54) is 0 Å². The van der Waals surface area contributed by atoms with E-state index in [1.54, 1.807) is 21.3 Å². The van der Waals surface area contributed by atoms with Gasteiger partial charge in [0.1, 0.15) is 17.2 Å². The Morgan fingerprint density at radius 2 is 1.82 bits per heavy atom. The molecule has 1 saturated heterocycles. The second-order valence-electron chi connectivity index (χ2n) is 6.87. The van der Waals surface area contributed by atoms with Crippen molar-refractivity contribution in [2.24, 2.45) is 0 Å². The molecular weight excluding hydrogens is 356 g/mol. The largest absolute Gasteiger partial charge is 0.497 e. The summed E-state index contributed by atoms with van der Waals surface area (Å²) in [4.78, 5) is 15.2. The van der Waals surface area contributed by atoms with Gasteiger partial charge in [0.2, 0.25) is 5.91 Å². The number of methoxy groups -OCH3 is 3. The first-order valence-corrected chi connectivity index (χ1v) is 9.50. The predicted molar refractivity (Wildman–Crippen MR) is 109 cm³/mol. The quantitative estimate of drug-likeness (QED) is 0.785. The van der Waals surface area contributed by atoms with Crippen molar-refractivity contribution in [1.82, 2.24) is 4.90 Å². The van der Waals surface area contributed by atoms with Crippen LogP contribution in [0.5, 0.6) is 17.2 Å². The highest BCUT2D eigenvalue weighted by Crippen LogP contribution is 2.40. The molecule has 1 aliphatic heterocycles. The standard InChI is InChI=1S/C22H28N2O4/c1-15(22(25)23-18-8-5-6-10-20(18)27-3)24-13-7-9-19(24)17-12-11-16(26-2)14-21(17)28-4/h5-6,8,10-12,14-15,19H,7,9,13H2,1-4H3,(H,23,25)/t15-,19-/m1/s1. The van der Waals surface area contributed by atoms with Crippen LogP contribution in [0, 0.1) is 0 Å². The molecule has 1 fully saturated rings. The number of benzene rings is 2. The zero-order valence-electron chi connectivity index (χ0n) is 16.9. The van der Waals surface area contributed by atoms with Crippen molar-refractivity contribution in [2.45, 2.75) is 31.8 Å². The van der Waals surface area contributed by atoms with E-state index in [4.69, 9.17) is 14.2 Å². The van der Waals surface area contributed by atoms with E-state index in [-0.39, 0.29) is 18.0 Å². The summed E-state index contributed by atoms with van der Waals surface area (Å²) in [5.74, 6) is 2.14. The summed E-state index contributed by atoms with van der Waals surface area (Å²) in [5, 5.41) is 3.00. The Morgan fingerprint density at radius 3 is 2.54 bits per heavy atom. The van der Waals surface area contributed by atoms with Gasteiger partial charge in [-0.3, -0.25) is 9.69 Å². The fraction of sp³-hybridized carbons (Fsp3) is 0.409. The van der Waals surface area contributed by atoms with E-state index in [0.717, 1.165) is 36.4 Å². The maximum absolute atomic E-state index is 12.9. The minimum absolute atomic E-state index is 0.0520. The lowest BCUT2D eigenvalue weighted by molar-refractivity contribution is -0.121. The van der Waals surface area contributed by atoms with Crippen LogP contribution in [0.15, 0.2) is 42.5 Å². The Balaban J connectivity index is 1.79. The molecule has 0 spiro atoms. The van der Waals surface area contributed by atoms with E-state index in [9.17, 15) is 4.79 Å². The summed E-state index contributed by atoms with van der Waals surface area (Å²) in [6.45, 7) is 2.80. The van der Waals surface area contributed by atoms with Crippen LogP contribution in [0.3, 0.4) is 0 Å². The highest BCUT2D eigenvalue weighted by Gasteiger charge is 2.34. The molecule has 1 amide bonds. The van der Waals surface area contributed by atoms with Crippen LogP contribution >= 0.6 is 0 Å². The number of nitrogens with one attached hydrogen (secondary N) is 1. The lowest BCUT2D eigenvalue weighted by atomic mass is 10.0. The van der Waals surface area contributed by atoms with E-state index in [1.807, 2.05) is 49.4 Å². The van der Waals surface area contributed by atoms with Gasteiger partial charge in [0.15, 0.2) is 0 Å². The number of carbonyl (C=O) groups excluding carboxylic acids is 1. The van der Waals surface area contributed by atoms with Crippen LogP contribution < -0.4 is 19.5 Å². The molecule has 1 aliphatic rings. The summed E-state index contributed by atoms with van der Waals surface area (Å²) in [6, 6.07) is 13.1. The molecule has 0 aromatic heterocycles. The van der Waals surface area contributed by atoms with Crippen LogP contribution in [-0.4, -0.2) is 44.7 Å². The van der Waals surface area contributed by atoms with E-state index < -0.39 is 0 Å². The van der Waals surface area contributed by atoms with Crippen molar-refractivity contribution in [3.8, 4) is 17.2 Å². The first kappa shape index (κ1) is 20.0. The summed E-state index contributed by atoms with van der Waals surface area (Å²) in [6.07, 6.45) is 2.01. The summed E-state index contributed by atoms with van der Waals surface area (Å²) < 4.78 is 16.2. The Morgan fingerprint density at radius 1 is 1.07 bits per heavy atom. The Kier molecular flexibility index (Phi) is 6.41. The fourth-order valence-corrected chi connectivity index (χ4v) is 3.82. The monoisotopic (exact) mass is 384 g/mol.